The zero-order valence-electron chi connectivity index (χ0n) is 16.9. The van der Waals surface area contributed by atoms with E-state index < -0.39 is 58.1 Å². The lowest BCUT2D eigenvalue weighted by molar-refractivity contribution is 0.0623. The minimum absolute atomic E-state index is 0.133. The van der Waals surface area contributed by atoms with E-state index >= 15 is 0 Å². The summed E-state index contributed by atoms with van der Waals surface area (Å²) in [4.78, 5) is 40.0. The maximum absolute atomic E-state index is 13.9. The van der Waals surface area contributed by atoms with Gasteiger partial charge >= 0.3 is 0 Å². The first-order chi connectivity index (χ1) is 15.2. The third-order valence-corrected chi connectivity index (χ3v) is 6.85. The van der Waals surface area contributed by atoms with E-state index in [4.69, 9.17) is 0 Å². The molecule has 0 radical (unpaired) electrons. The Morgan fingerprint density at radius 3 is 2.56 bits per heavy atom. The average Bonchev–Trinajstić information content (AvgIpc) is 3.11. The smallest absolute Gasteiger partial charge is 0.274 e. The molecule has 2 aromatic rings. The summed E-state index contributed by atoms with van der Waals surface area (Å²) < 4.78 is 42.3. The second-order valence-electron chi connectivity index (χ2n) is 8.72. The van der Waals surface area contributed by atoms with Crippen molar-refractivity contribution in [1.82, 2.24) is 14.8 Å². The van der Waals surface area contributed by atoms with E-state index in [0.717, 1.165) is 19.3 Å². The van der Waals surface area contributed by atoms with Crippen LogP contribution in [0.5, 0.6) is 5.75 Å². The fraction of sp³-hybridized carbons (Fsp3) is 0.409. The fourth-order valence-electron chi connectivity index (χ4n) is 5.28. The van der Waals surface area contributed by atoms with Crippen LogP contribution in [0.3, 0.4) is 0 Å². The number of pyridine rings is 1. The third kappa shape index (κ3) is 3.16. The highest BCUT2D eigenvalue weighted by Crippen LogP contribution is 2.45. The molecule has 1 aromatic carbocycles. The predicted molar refractivity (Wildman–Crippen MR) is 106 cm³/mol. The first-order valence-corrected chi connectivity index (χ1v) is 10.4. The van der Waals surface area contributed by atoms with Crippen LogP contribution in [-0.2, 0) is 6.54 Å². The highest BCUT2D eigenvalue weighted by Gasteiger charge is 2.44. The Hall–Kier alpha value is -3.30. The maximum atomic E-state index is 13.9. The lowest BCUT2D eigenvalue weighted by Crippen LogP contribution is -2.47. The number of nitrogens with one attached hydrogen (secondary N) is 1. The number of amides is 2. The van der Waals surface area contributed by atoms with E-state index in [9.17, 15) is 32.7 Å². The molecular formula is C22H20F3N3O4. The Bertz CT molecular complexity index is 1190. The molecule has 0 unspecified atom stereocenters. The zero-order chi connectivity index (χ0) is 22.7. The number of benzene rings is 1. The molecule has 5 rings (SSSR count). The Balaban J connectivity index is 1.49. The fourth-order valence-corrected chi connectivity index (χ4v) is 5.28. The van der Waals surface area contributed by atoms with Crippen LogP contribution in [0.2, 0.25) is 0 Å². The van der Waals surface area contributed by atoms with Crippen molar-refractivity contribution in [1.29, 1.82) is 0 Å². The van der Waals surface area contributed by atoms with Gasteiger partial charge in [-0.05, 0) is 31.1 Å². The lowest BCUT2D eigenvalue weighted by Gasteiger charge is -2.38. The number of rotatable bonds is 3. The van der Waals surface area contributed by atoms with Crippen LogP contribution in [0.1, 0.15) is 51.7 Å². The van der Waals surface area contributed by atoms with Crippen molar-refractivity contribution in [3.8, 4) is 5.75 Å². The Morgan fingerprint density at radius 2 is 1.84 bits per heavy atom. The van der Waals surface area contributed by atoms with Crippen LogP contribution in [-0.4, -0.2) is 39.5 Å². The number of halogens is 3. The van der Waals surface area contributed by atoms with Gasteiger partial charge in [0.15, 0.2) is 11.4 Å². The van der Waals surface area contributed by atoms with Crippen molar-refractivity contribution in [3.63, 3.8) is 0 Å². The van der Waals surface area contributed by atoms with Crippen molar-refractivity contribution in [2.75, 3.05) is 13.1 Å². The molecule has 4 bridgehead atoms. The molecule has 3 aliphatic rings. The van der Waals surface area contributed by atoms with Crippen molar-refractivity contribution in [2.45, 2.75) is 31.8 Å². The molecule has 32 heavy (non-hydrogen) atoms. The molecule has 3 heterocycles. The van der Waals surface area contributed by atoms with Gasteiger partial charge in [-0.25, -0.2) is 13.2 Å². The van der Waals surface area contributed by atoms with Crippen LogP contribution >= 0.6 is 0 Å². The number of hydrogen-bond donors (Lipinski definition) is 2. The molecule has 2 N–H and O–H groups in total. The van der Waals surface area contributed by atoms with E-state index in [2.05, 4.69) is 5.32 Å². The summed E-state index contributed by atoms with van der Waals surface area (Å²) >= 11 is 0. The van der Waals surface area contributed by atoms with Crippen molar-refractivity contribution in [2.24, 2.45) is 11.8 Å². The topological polar surface area (TPSA) is 91.6 Å². The van der Waals surface area contributed by atoms with Gasteiger partial charge < -0.3 is 19.9 Å². The molecule has 1 aliphatic carbocycles. The lowest BCUT2D eigenvalue weighted by atomic mass is 9.95. The standard InChI is InChI=1S/C22H20F3N3O4/c23-12-4-15(24)13(16(25)5-12)6-26-21(31)14-8-28-17-9-27(7-10-1-2-11(17)3-10)22(32)18(28)20(30)19(14)29/h4-5,8,10-11,17,30H,1-3,6-7,9H2,(H,26,31)/t10-,11-,17+/m0/s1. The molecule has 1 saturated carbocycles. The van der Waals surface area contributed by atoms with Gasteiger partial charge in [0.05, 0.1) is 6.04 Å². The number of carbonyl (C=O) groups is 2. The van der Waals surface area contributed by atoms with Gasteiger partial charge in [-0.3, -0.25) is 14.4 Å². The molecule has 0 spiro atoms. The largest absolute Gasteiger partial charge is 0.503 e. The highest BCUT2D eigenvalue weighted by atomic mass is 19.1. The van der Waals surface area contributed by atoms with Crippen LogP contribution in [0, 0.1) is 29.3 Å². The minimum Gasteiger partial charge on any atom is -0.503 e. The van der Waals surface area contributed by atoms with Crippen LogP contribution in [0.4, 0.5) is 13.2 Å². The van der Waals surface area contributed by atoms with Crippen molar-refractivity contribution < 1.29 is 27.9 Å². The summed E-state index contributed by atoms with van der Waals surface area (Å²) in [5.41, 5.74) is -2.17. The number of carbonyl (C=O) groups excluding carboxylic acids is 2. The maximum Gasteiger partial charge on any atom is 0.274 e. The van der Waals surface area contributed by atoms with Crippen LogP contribution < -0.4 is 10.7 Å². The predicted octanol–water partition coefficient (Wildman–Crippen LogP) is 2.33. The second kappa shape index (κ2) is 7.39. The number of hydrogen-bond acceptors (Lipinski definition) is 4. The summed E-state index contributed by atoms with van der Waals surface area (Å²) in [6.45, 7) is 0.387. The van der Waals surface area contributed by atoms with Gasteiger partial charge in [0, 0.05) is 43.5 Å². The van der Waals surface area contributed by atoms with Crippen molar-refractivity contribution >= 4 is 11.8 Å². The molecule has 7 nitrogen and oxygen atoms in total. The van der Waals surface area contributed by atoms with Gasteiger partial charge in [-0.1, -0.05) is 0 Å². The van der Waals surface area contributed by atoms with E-state index in [-0.39, 0.29) is 17.7 Å². The van der Waals surface area contributed by atoms with E-state index in [0.29, 0.717) is 31.1 Å². The molecule has 10 heteroatoms. The van der Waals surface area contributed by atoms with Crippen LogP contribution in [0.15, 0.2) is 23.1 Å². The summed E-state index contributed by atoms with van der Waals surface area (Å²) in [5.74, 6) is -5.04. The Morgan fingerprint density at radius 1 is 1.12 bits per heavy atom. The van der Waals surface area contributed by atoms with Gasteiger partial charge in [-0.2, -0.15) is 0 Å². The van der Waals surface area contributed by atoms with Gasteiger partial charge in [0.1, 0.15) is 23.0 Å². The van der Waals surface area contributed by atoms with Gasteiger partial charge in [-0.15, -0.1) is 0 Å². The number of fused-ring (bicyclic) bond motifs is 7. The number of nitrogens with zero attached hydrogens (tertiary/aromatic N) is 2. The summed E-state index contributed by atoms with van der Waals surface area (Å²) in [6.07, 6.45) is 4.12. The molecule has 2 amide bonds. The average molecular weight is 447 g/mol. The molecular weight excluding hydrogens is 427 g/mol. The normalized spacial score (nSPS) is 23.7. The van der Waals surface area contributed by atoms with Gasteiger partial charge in [0.25, 0.3) is 11.8 Å². The summed E-state index contributed by atoms with van der Waals surface area (Å²) in [6, 6.07) is 0.797. The quantitative estimate of drug-likeness (QED) is 0.756. The monoisotopic (exact) mass is 447 g/mol. The molecule has 3 atom stereocenters. The van der Waals surface area contributed by atoms with E-state index in [1.165, 1.54) is 10.8 Å². The number of aromatic nitrogens is 1. The molecule has 2 aliphatic heterocycles. The van der Waals surface area contributed by atoms with Gasteiger partial charge in [0.2, 0.25) is 5.43 Å². The van der Waals surface area contributed by atoms with Crippen LogP contribution in [0.25, 0.3) is 0 Å². The molecule has 1 aromatic heterocycles. The Labute approximate surface area is 180 Å². The SMILES string of the molecule is O=C(NCc1c(F)cc(F)cc1F)c1cn2c(c(O)c1=O)C(=O)N1C[C@H]3CC[C@@H](C3)[C@H]2C1. The summed E-state index contributed by atoms with van der Waals surface area (Å²) in [5, 5.41) is 12.8. The highest BCUT2D eigenvalue weighted by molar-refractivity contribution is 5.99. The third-order valence-electron chi connectivity index (χ3n) is 6.85. The molecule has 168 valence electrons. The number of aromatic hydroxyl groups is 1. The van der Waals surface area contributed by atoms with Crippen molar-refractivity contribution in [3.05, 3.63) is 62.8 Å². The minimum atomic E-state index is -1.17. The molecule has 1 saturated heterocycles. The molecule has 2 fully saturated rings. The Kier molecular flexibility index (Phi) is 4.75. The zero-order valence-corrected chi connectivity index (χ0v) is 16.9. The first kappa shape index (κ1) is 20.6. The summed E-state index contributed by atoms with van der Waals surface area (Å²) in [7, 11) is 0. The first-order valence-electron chi connectivity index (χ1n) is 10.4. The van der Waals surface area contributed by atoms with E-state index in [1.54, 1.807) is 4.90 Å². The van der Waals surface area contributed by atoms with E-state index in [1.807, 2.05) is 0 Å². The second-order valence-corrected chi connectivity index (χ2v) is 8.72.